The molecule has 0 bridgehead atoms. The summed E-state index contributed by atoms with van der Waals surface area (Å²) in [6, 6.07) is 7.87. The van der Waals surface area contributed by atoms with Gasteiger partial charge in [0.25, 0.3) is 0 Å². The average Bonchev–Trinajstić information content (AvgIpc) is 3.11. The Kier molecular flexibility index (Phi) is 2.95. The van der Waals surface area contributed by atoms with Gasteiger partial charge in [-0.2, -0.15) is 5.10 Å². The van der Waals surface area contributed by atoms with Crippen LogP contribution in [0.2, 0.25) is 0 Å². The largest absolute Gasteiger partial charge is 0.383 e. The van der Waals surface area contributed by atoms with Gasteiger partial charge in [0.15, 0.2) is 0 Å². The second-order valence-corrected chi connectivity index (χ2v) is 5.71. The van der Waals surface area contributed by atoms with E-state index in [0.29, 0.717) is 12.5 Å². The number of hydrogen-bond donors (Lipinski definition) is 1. The van der Waals surface area contributed by atoms with Gasteiger partial charge >= 0.3 is 0 Å². The van der Waals surface area contributed by atoms with Crippen LogP contribution in [0.25, 0.3) is 0 Å². The molecule has 1 saturated carbocycles. The normalized spacial score (nSPS) is 18.6. The highest BCUT2D eigenvalue weighted by Gasteiger charge is 2.45. The van der Waals surface area contributed by atoms with Gasteiger partial charge in [0, 0.05) is 4.47 Å². The highest BCUT2D eigenvalue weighted by atomic mass is 79.9. The van der Waals surface area contributed by atoms with E-state index in [1.165, 1.54) is 6.33 Å². The van der Waals surface area contributed by atoms with Crippen molar-refractivity contribution in [2.75, 3.05) is 0 Å². The summed E-state index contributed by atoms with van der Waals surface area (Å²) in [6.45, 7) is 0.458. The van der Waals surface area contributed by atoms with Crippen LogP contribution >= 0.6 is 15.9 Å². The summed E-state index contributed by atoms with van der Waals surface area (Å²) in [7, 11) is 0. The van der Waals surface area contributed by atoms with Crippen LogP contribution in [0.1, 0.15) is 18.4 Å². The topological polar surface area (TPSA) is 50.9 Å². The Morgan fingerprint density at radius 1 is 1.33 bits per heavy atom. The van der Waals surface area contributed by atoms with Gasteiger partial charge in [-0.3, -0.25) is 0 Å². The fourth-order valence-corrected chi connectivity index (χ4v) is 2.58. The van der Waals surface area contributed by atoms with Crippen LogP contribution in [0, 0.1) is 5.92 Å². The number of aromatic nitrogens is 3. The Bertz CT molecular complexity index is 522. The fraction of sp³-hybridized carbons (Fsp3) is 0.385. The monoisotopic (exact) mass is 307 g/mol. The maximum atomic E-state index is 11.0. The summed E-state index contributed by atoms with van der Waals surface area (Å²) < 4.78 is 2.71. The lowest BCUT2D eigenvalue weighted by Gasteiger charge is -2.28. The first-order valence-corrected chi connectivity index (χ1v) is 6.78. The van der Waals surface area contributed by atoms with E-state index in [1.807, 2.05) is 24.3 Å². The number of hydrogen-bond acceptors (Lipinski definition) is 3. The van der Waals surface area contributed by atoms with Gasteiger partial charge in [0.2, 0.25) is 0 Å². The van der Waals surface area contributed by atoms with Crippen molar-refractivity contribution in [1.82, 2.24) is 14.8 Å². The van der Waals surface area contributed by atoms with Crippen LogP contribution in [-0.2, 0) is 12.1 Å². The zero-order valence-electron chi connectivity index (χ0n) is 9.83. The molecule has 0 amide bonds. The first kappa shape index (κ1) is 11.9. The van der Waals surface area contributed by atoms with Crippen molar-refractivity contribution in [3.8, 4) is 0 Å². The molecule has 1 heterocycles. The molecule has 1 fully saturated rings. The lowest BCUT2D eigenvalue weighted by molar-refractivity contribution is -0.00777. The van der Waals surface area contributed by atoms with Crippen LogP contribution in [0.15, 0.2) is 41.4 Å². The molecule has 2 aromatic rings. The number of rotatable bonds is 4. The Balaban J connectivity index is 1.93. The van der Waals surface area contributed by atoms with Crippen LogP contribution in [-0.4, -0.2) is 19.9 Å². The molecule has 4 nitrogen and oxygen atoms in total. The molecule has 0 radical (unpaired) electrons. The molecule has 1 unspecified atom stereocenters. The highest BCUT2D eigenvalue weighted by molar-refractivity contribution is 9.10. The molecule has 5 heteroatoms. The van der Waals surface area contributed by atoms with Gasteiger partial charge in [0.1, 0.15) is 18.3 Å². The molecule has 1 atom stereocenters. The zero-order chi connectivity index (χ0) is 12.6. The third-order valence-electron chi connectivity index (χ3n) is 3.47. The quantitative estimate of drug-likeness (QED) is 0.943. The predicted octanol–water partition coefficient (Wildman–Crippen LogP) is 2.34. The first-order valence-electron chi connectivity index (χ1n) is 5.99. The predicted molar refractivity (Wildman–Crippen MR) is 70.8 cm³/mol. The Hall–Kier alpha value is -1.20. The van der Waals surface area contributed by atoms with Crippen molar-refractivity contribution in [2.45, 2.75) is 25.0 Å². The third-order valence-corrected chi connectivity index (χ3v) is 4.00. The molecule has 0 spiro atoms. The van der Waals surface area contributed by atoms with E-state index in [4.69, 9.17) is 0 Å². The van der Waals surface area contributed by atoms with E-state index < -0.39 is 5.60 Å². The summed E-state index contributed by atoms with van der Waals surface area (Å²) in [6.07, 6.45) is 5.28. The lowest BCUT2D eigenvalue weighted by atomic mass is 9.89. The van der Waals surface area contributed by atoms with E-state index in [2.05, 4.69) is 26.0 Å². The molecule has 3 rings (SSSR count). The molecule has 94 valence electrons. The summed E-state index contributed by atoms with van der Waals surface area (Å²) in [5, 5.41) is 15.1. The molecule has 1 aromatic heterocycles. The molecular weight excluding hydrogens is 294 g/mol. The summed E-state index contributed by atoms with van der Waals surface area (Å²) >= 11 is 3.42. The summed E-state index contributed by atoms with van der Waals surface area (Å²) in [5.74, 6) is 0.322. The number of benzene rings is 1. The SMILES string of the molecule is OC(Cn1cncn1)(c1ccc(Br)cc1)C1CC1. The molecule has 0 saturated heterocycles. The number of nitrogens with zero attached hydrogens (tertiary/aromatic N) is 3. The van der Waals surface area contributed by atoms with Gasteiger partial charge in [-0.15, -0.1) is 0 Å². The number of aliphatic hydroxyl groups is 1. The number of halogens is 1. The van der Waals surface area contributed by atoms with Crippen LogP contribution in [0.5, 0.6) is 0 Å². The first-order chi connectivity index (χ1) is 8.68. The van der Waals surface area contributed by atoms with E-state index in [9.17, 15) is 5.11 Å². The Morgan fingerprint density at radius 3 is 2.61 bits per heavy atom. The molecule has 1 aliphatic rings. The van der Waals surface area contributed by atoms with E-state index in [0.717, 1.165) is 22.9 Å². The van der Waals surface area contributed by atoms with Crippen LogP contribution in [0.3, 0.4) is 0 Å². The van der Waals surface area contributed by atoms with Gasteiger partial charge in [-0.25, -0.2) is 9.67 Å². The average molecular weight is 308 g/mol. The molecular formula is C13H14BrN3O. The summed E-state index contributed by atoms with van der Waals surface area (Å²) in [5.41, 5.74) is 0.109. The van der Waals surface area contributed by atoms with E-state index >= 15 is 0 Å². The minimum Gasteiger partial charge on any atom is -0.383 e. The van der Waals surface area contributed by atoms with E-state index in [1.54, 1.807) is 11.0 Å². The highest BCUT2D eigenvalue weighted by Crippen LogP contribution is 2.46. The molecule has 1 aromatic carbocycles. The van der Waals surface area contributed by atoms with Gasteiger partial charge in [-0.05, 0) is 36.5 Å². The van der Waals surface area contributed by atoms with Crippen LogP contribution in [0.4, 0.5) is 0 Å². The van der Waals surface area contributed by atoms with Crippen molar-refractivity contribution < 1.29 is 5.11 Å². The fourth-order valence-electron chi connectivity index (χ4n) is 2.32. The molecule has 0 aliphatic heterocycles. The zero-order valence-corrected chi connectivity index (χ0v) is 11.4. The molecule has 18 heavy (non-hydrogen) atoms. The van der Waals surface area contributed by atoms with Crippen LogP contribution < -0.4 is 0 Å². The van der Waals surface area contributed by atoms with Gasteiger partial charge < -0.3 is 5.11 Å². The van der Waals surface area contributed by atoms with Crippen molar-refractivity contribution in [1.29, 1.82) is 0 Å². The van der Waals surface area contributed by atoms with Gasteiger partial charge in [0.05, 0.1) is 6.54 Å². The van der Waals surface area contributed by atoms with Crippen molar-refractivity contribution in [3.63, 3.8) is 0 Å². The standard InChI is InChI=1S/C13H14BrN3O/c14-12-5-3-11(4-6-12)13(18,10-1-2-10)7-17-9-15-8-16-17/h3-6,8-10,18H,1-2,7H2. The van der Waals surface area contributed by atoms with Crippen molar-refractivity contribution in [2.24, 2.45) is 5.92 Å². The minimum atomic E-state index is -0.839. The molecule has 1 aliphatic carbocycles. The second kappa shape index (κ2) is 4.48. The molecule has 1 N–H and O–H groups in total. The maximum Gasteiger partial charge on any atom is 0.137 e. The second-order valence-electron chi connectivity index (χ2n) is 4.80. The smallest absolute Gasteiger partial charge is 0.137 e. The third kappa shape index (κ3) is 2.20. The van der Waals surface area contributed by atoms with E-state index in [-0.39, 0.29) is 0 Å². The van der Waals surface area contributed by atoms with Gasteiger partial charge in [-0.1, -0.05) is 28.1 Å². The Morgan fingerprint density at radius 2 is 2.06 bits per heavy atom. The summed E-state index contributed by atoms with van der Waals surface area (Å²) in [4.78, 5) is 3.93. The lowest BCUT2D eigenvalue weighted by Crippen LogP contribution is -2.34. The maximum absolute atomic E-state index is 11.0. The van der Waals surface area contributed by atoms with Crippen molar-refractivity contribution in [3.05, 3.63) is 47.0 Å². The van der Waals surface area contributed by atoms with Crippen molar-refractivity contribution >= 4 is 15.9 Å². The minimum absolute atomic E-state index is 0.322. The Labute approximate surface area is 114 Å².